The maximum Gasteiger partial charge on any atom is 0.309 e. The first-order valence-electron chi connectivity index (χ1n) is 9.62. The van der Waals surface area contributed by atoms with Gasteiger partial charge in [0.05, 0.1) is 26.7 Å². The van der Waals surface area contributed by atoms with Crippen molar-refractivity contribution < 1.29 is 18.7 Å². The van der Waals surface area contributed by atoms with Crippen molar-refractivity contribution in [3.63, 3.8) is 0 Å². The SMILES string of the molecule is O=C(COC(=O)C1CCN(c2nc3ccccc3o2)CC1)Nc1cc(Cl)c(Cl)cc1Cl. The molecule has 3 aromatic rings. The molecule has 1 aliphatic rings. The van der Waals surface area contributed by atoms with E-state index in [9.17, 15) is 9.59 Å². The Kier molecular flexibility index (Phi) is 6.55. The van der Waals surface area contributed by atoms with Crippen LogP contribution >= 0.6 is 34.8 Å². The van der Waals surface area contributed by atoms with Crippen LogP contribution in [0.1, 0.15) is 12.8 Å². The molecule has 31 heavy (non-hydrogen) atoms. The highest BCUT2D eigenvalue weighted by Crippen LogP contribution is 2.32. The highest BCUT2D eigenvalue weighted by Gasteiger charge is 2.28. The second kappa shape index (κ2) is 9.34. The number of hydrogen-bond donors (Lipinski definition) is 1. The fourth-order valence-corrected chi connectivity index (χ4v) is 3.96. The first kappa shape index (κ1) is 21.7. The number of benzene rings is 2. The van der Waals surface area contributed by atoms with Gasteiger partial charge in [-0.1, -0.05) is 46.9 Å². The van der Waals surface area contributed by atoms with Crippen molar-refractivity contribution in [2.45, 2.75) is 12.8 Å². The lowest BCUT2D eigenvalue weighted by Crippen LogP contribution is -2.37. The van der Waals surface area contributed by atoms with Crippen LogP contribution in [0.3, 0.4) is 0 Å². The molecule has 10 heteroatoms. The van der Waals surface area contributed by atoms with Crippen LogP contribution in [0.2, 0.25) is 15.1 Å². The fourth-order valence-electron chi connectivity index (χ4n) is 3.36. The average molecular weight is 483 g/mol. The molecule has 0 unspecified atom stereocenters. The zero-order chi connectivity index (χ0) is 22.0. The van der Waals surface area contributed by atoms with Gasteiger partial charge in [-0.25, -0.2) is 0 Å². The minimum atomic E-state index is -0.516. The first-order chi connectivity index (χ1) is 14.9. The maximum absolute atomic E-state index is 12.4. The Morgan fingerprint density at radius 3 is 2.55 bits per heavy atom. The lowest BCUT2D eigenvalue weighted by atomic mass is 9.97. The molecule has 1 aliphatic heterocycles. The van der Waals surface area contributed by atoms with Crippen LogP contribution in [0.25, 0.3) is 11.1 Å². The number of aromatic nitrogens is 1. The normalized spacial score (nSPS) is 14.6. The van der Waals surface area contributed by atoms with E-state index in [-0.39, 0.29) is 21.0 Å². The Bertz CT molecular complexity index is 1090. The molecule has 4 rings (SSSR count). The number of rotatable bonds is 5. The molecule has 0 aliphatic carbocycles. The molecule has 0 saturated carbocycles. The molecule has 7 nitrogen and oxygen atoms in total. The van der Waals surface area contributed by atoms with Crippen molar-refractivity contribution in [2.24, 2.45) is 5.92 Å². The highest BCUT2D eigenvalue weighted by molar-refractivity contribution is 6.44. The summed E-state index contributed by atoms with van der Waals surface area (Å²) in [6.45, 7) is 0.802. The largest absolute Gasteiger partial charge is 0.455 e. The van der Waals surface area contributed by atoms with Crippen LogP contribution in [-0.2, 0) is 14.3 Å². The van der Waals surface area contributed by atoms with Crippen molar-refractivity contribution in [3.8, 4) is 0 Å². The molecule has 0 bridgehead atoms. The summed E-state index contributed by atoms with van der Waals surface area (Å²) in [6, 6.07) is 11.0. The second-order valence-corrected chi connectivity index (χ2v) is 8.35. The van der Waals surface area contributed by atoms with E-state index in [1.54, 1.807) is 0 Å². The number of para-hydroxylation sites is 2. The number of piperidine rings is 1. The topological polar surface area (TPSA) is 84.7 Å². The van der Waals surface area contributed by atoms with Crippen molar-refractivity contribution in [2.75, 3.05) is 29.9 Å². The summed E-state index contributed by atoms with van der Waals surface area (Å²) in [5, 5.41) is 3.33. The van der Waals surface area contributed by atoms with Gasteiger partial charge in [0.25, 0.3) is 11.9 Å². The summed E-state index contributed by atoms with van der Waals surface area (Å²) in [5.74, 6) is -1.22. The standard InChI is InChI=1S/C21H18Cl3N3O4/c22-13-9-15(24)17(10-14(13)23)25-19(28)11-30-20(29)12-5-7-27(8-6-12)21-26-16-3-1-2-4-18(16)31-21/h1-4,9-10,12H,5-8,11H2,(H,25,28). The van der Waals surface area contributed by atoms with Crippen molar-refractivity contribution >= 4 is 69.5 Å². The highest BCUT2D eigenvalue weighted by atomic mass is 35.5. The molecule has 0 spiro atoms. The zero-order valence-electron chi connectivity index (χ0n) is 16.2. The Hall–Kier alpha value is -2.48. The smallest absolute Gasteiger partial charge is 0.309 e. The number of amides is 1. The Balaban J connectivity index is 1.26. The summed E-state index contributed by atoms with van der Waals surface area (Å²) in [4.78, 5) is 31.0. The number of anilines is 2. The van der Waals surface area contributed by atoms with Gasteiger partial charge in [0, 0.05) is 13.1 Å². The minimum absolute atomic E-state index is 0.237. The van der Waals surface area contributed by atoms with Crippen molar-refractivity contribution in [1.82, 2.24) is 4.98 Å². The third kappa shape index (κ3) is 5.06. The number of nitrogens with zero attached hydrogens (tertiary/aromatic N) is 2. The average Bonchev–Trinajstić information content (AvgIpc) is 3.20. The van der Waals surface area contributed by atoms with Crippen LogP contribution in [-0.4, -0.2) is 36.6 Å². The van der Waals surface area contributed by atoms with Gasteiger partial charge in [-0.2, -0.15) is 4.98 Å². The summed E-state index contributed by atoms with van der Waals surface area (Å²) < 4.78 is 11.0. The maximum atomic E-state index is 12.4. The lowest BCUT2D eigenvalue weighted by Gasteiger charge is -2.29. The summed E-state index contributed by atoms with van der Waals surface area (Å²) in [6.07, 6.45) is 1.16. The van der Waals surface area contributed by atoms with E-state index in [1.807, 2.05) is 29.2 Å². The molecule has 1 fully saturated rings. The molecule has 0 radical (unpaired) electrons. The van der Waals surface area contributed by atoms with Crippen LogP contribution in [0, 0.1) is 5.92 Å². The number of carbonyl (C=O) groups is 2. The molecule has 1 N–H and O–H groups in total. The van der Waals surface area contributed by atoms with E-state index in [2.05, 4.69) is 10.3 Å². The van der Waals surface area contributed by atoms with Gasteiger partial charge < -0.3 is 19.4 Å². The molecular formula is C21H18Cl3N3O4. The molecule has 1 saturated heterocycles. The Labute approximate surface area is 193 Å². The number of hydrogen-bond acceptors (Lipinski definition) is 6. The first-order valence-corrected chi connectivity index (χ1v) is 10.8. The molecule has 1 amide bonds. The van der Waals surface area contributed by atoms with E-state index < -0.39 is 18.5 Å². The quantitative estimate of drug-likeness (QED) is 0.398. The molecule has 0 atom stereocenters. The predicted molar refractivity (Wildman–Crippen MR) is 120 cm³/mol. The van der Waals surface area contributed by atoms with Gasteiger partial charge in [0.2, 0.25) is 0 Å². The zero-order valence-corrected chi connectivity index (χ0v) is 18.5. The number of halogens is 3. The second-order valence-electron chi connectivity index (χ2n) is 7.13. The van der Waals surface area contributed by atoms with Crippen LogP contribution < -0.4 is 10.2 Å². The molecule has 2 heterocycles. The third-order valence-electron chi connectivity index (χ3n) is 5.01. The third-order valence-corrected chi connectivity index (χ3v) is 6.05. The van der Waals surface area contributed by atoms with Gasteiger partial charge in [-0.3, -0.25) is 9.59 Å². The Morgan fingerprint density at radius 2 is 1.81 bits per heavy atom. The van der Waals surface area contributed by atoms with Gasteiger partial charge >= 0.3 is 5.97 Å². The van der Waals surface area contributed by atoms with Gasteiger partial charge in [-0.15, -0.1) is 0 Å². The number of fused-ring (bicyclic) bond motifs is 1. The van der Waals surface area contributed by atoms with Gasteiger partial charge in [-0.05, 0) is 37.1 Å². The number of oxazole rings is 1. The van der Waals surface area contributed by atoms with Gasteiger partial charge in [0.1, 0.15) is 5.52 Å². The summed E-state index contributed by atoms with van der Waals surface area (Å²) in [5.41, 5.74) is 1.82. The van der Waals surface area contributed by atoms with E-state index in [0.29, 0.717) is 37.6 Å². The van der Waals surface area contributed by atoms with Crippen LogP contribution in [0.4, 0.5) is 11.7 Å². The predicted octanol–water partition coefficient (Wildman–Crippen LogP) is 5.19. The summed E-state index contributed by atoms with van der Waals surface area (Å²) in [7, 11) is 0. The van der Waals surface area contributed by atoms with Crippen LogP contribution in [0.5, 0.6) is 0 Å². The van der Waals surface area contributed by atoms with E-state index in [0.717, 1.165) is 11.1 Å². The molecule has 162 valence electrons. The van der Waals surface area contributed by atoms with Crippen molar-refractivity contribution in [3.05, 3.63) is 51.5 Å². The fraction of sp³-hybridized carbons (Fsp3) is 0.286. The summed E-state index contributed by atoms with van der Waals surface area (Å²) >= 11 is 17.8. The number of esters is 1. The molecule has 2 aromatic carbocycles. The van der Waals surface area contributed by atoms with E-state index >= 15 is 0 Å². The Morgan fingerprint density at radius 1 is 1.10 bits per heavy atom. The van der Waals surface area contributed by atoms with E-state index in [1.165, 1.54) is 12.1 Å². The number of ether oxygens (including phenoxy) is 1. The number of nitrogens with one attached hydrogen (secondary N) is 1. The van der Waals surface area contributed by atoms with Gasteiger partial charge in [0.15, 0.2) is 12.2 Å². The molecular weight excluding hydrogens is 465 g/mol. The van der Waals surface area contributed by atoms with Crippen LogP contribution in [0.15, 0.2) is 40.8 Å². The molecule has 1 aromatic heterocycles. The lowest BCUT2D eigenvalue weighted by molar-refractivity contribution is -0.152. The number of carbonyl (C=O) groups excluding carboxylic acids is 2. The van der Waals surface area contributed by atoms with E-state index in [4.69, 9.17) is 44.0 Å². The van der Waals surface area contributed by atoms with Crippen molar-refractivity contribution in [1.29, 1.82) is 0 Å². The minimum Gasteiger partial charge on any atom is -0.455 e. The monoisotopic (exact) mass is 481 g/mol.